The molecule has 0 aromatic heterocycles. The fourth-order valence-corrected chi connectivity index (χ4v) is 5.13. The quantitative estimate of drug-likeness (QED) is 0.539. The number of carbonyl (C=O) groups excluding carboxylic acids is 1. The van der Waals surface area contributed by atoms with E-state index in [2.05, 4.69) is 37.0 Å². The first-order chi connectivity index (χ1) is 6.85. The van der Waals surface area contributed by atoms with Crippen LogP contribution in [0.4, 0.5) is 0 Å². The molecular weight excluding hydrogens is 264 g/mol. The molecule has 2 nitrogen and oxygen atoms in total. The van der Waals surface area contributed by atoms with Gasteiger partial charge >= 0.3 is 5.97 Å². The highest BCUT2D eigenvalue weighted by Crippen LogP contribution is 2.64. The first-order valence-corrected chi connectivity index (χ1v) is 6.82. The van der Waals surface area contributed by atoms with Gasteiger partial charge in [-0.1, -0.05) is 6.08 Å². The smallest absolute Gasteiger partial charge is 0.334 e. The van der Waals surface area contributed by atoms with E-state index in [-0.39, 0.29) is 16.3 Å². The zero-order chi connectivity index (χ0) is 11.4. The molecule has 0 amide bonds. The molecule has 15 heavy (non-hydrogen) atoms. The highest BCUT2D eigenvalue weighted by atomic mass is 31.0. The number of hydrogen-bond donors (Lipinski definition) is 0. The van der Waals surface area contributed by atoms with E-state index < -0.39 is 0 Å². The maximum absolute atomic E-state index is 11.7. The minimum Gasteiger partial charge on any atom is -0.466 e. The van der Waals surface area contributed by atoms with Crippen LogP contribution in [0.25, 0.3) is 0 Å². The molecule has 0 spiro atoms. The van der Waals surface area contributed by atoms with Crippen LogP contribution < -0.4 is 0 Å². The van der Waals surface area contributed by atoms with E-state index in [1.807, 2.05) is 6.08 Å². The standard InChI is InChI=1S/C9H14O2P4/c1-11-7(10)4-2-8(14)3-9(4,15)6(13)5(8)12/h2H,3,12-15H2,1H3. The van der Waals surface area contributed by atoms with E-state index in [1.165, 1.54) is 12.4 Å². The summed E-state index contributed by atoms with van der Waals surface area (Å²) in [6.45, 7) is 0. The van der Waals surface area contributed by atoms with Crippen LogP contribution in [-0.2, 0) is 9.53 Å². The molecule has 82 valence electrons. The Morgan fingerprint density at radius 2 is 2.00 bits per heavy atom. The van der Waals surface area contributed by atoms with Gasteiger partial charge in [0.25, 0.3) is 0 Å². The third-order valence-corrected chi connectivity index (χ3v) is 7.31. The van der Waals surface area contributed by atoms with Gasteiger partial charge in [-0.25, -0.2) is 4.79 Å². The molecule has 0 fully saturated rings. The molecule has 0 N–H and O–H groups in total. The van der Waals surface area contributed by atoms with E-state index in [0.29, 0.717) is 0 Å². The molecule has 0 aliphatic heterocycles. The van der Waals surface area contributed by atoms with Crippen molar-refractivity contribution >= 4 is 42.9 Å². The lowest BCUT2D eigenvalue weighted by molar-refractivity contribution is -0.136. The Bertz CT molecular complexity index is 414. The molecule has 0 radical (unpaired) electrons. The van der Waals surface area contributed by atoms with Crippen LogP contribution in [-0.4, -0.2) is 23.4 Å². The van der Waals surface area contributed by atoms with Crippen LogP contribution in [0.1, 0.15) is 6.42 Å². The van der Waals surface area contributed by atoms with Crippen molar-refractivity contribution in [2.24, 2.45) is 0 Å². The van der Waals surface area contributed by atoms with E-state index in [0.717, 1.165) is 17.3 Å². The van der Waals surface area contributed by atoms with Crippen molar-refractivity contribution in [1.82, 2.24) is 0 Å². The molecule has 2 aliphatic rings. The summed E-state index contributed by atoms with van der Waals surface area (Å²) in [5, 5.41) is 2.06. The Kier molecular flexibility index (Phi) is 2.90. The number of carbonyl (C=O) groups is 1. The van der Waals surface area contributed by atoms with Crippen molar-refractivity contribution in [3.05, 3.63) is 22.3 Å². The summed E-state index contributed by atoms with van der Waals surface area (Å²) in [5.41, 5.74) is 0.751. The highest BCUT2D eigenvalue weighted by Gasteiger charge is 2.55. The number of ether oxygens (including phenoxy) is 1. The van der Waals surface area contributed by atoms with Crippen LogP contribution in [0.2, 0.25) is 0 Å². The maximum atomic E-state index is 11.7. The molecule has 6 unspecified atom stereocenters. The molecular formula is C9H14O2P4. The lowest BCUT2D eigenvalue weighted by atomic mass is 10.0. The van der Waals surface area contributed by atoms with E-state index in [9.17, 15) is 4.79 Å². The second-order valence-electron chi connectivity index (χ2n) is 4.07. The average Bonchev–Trinajstić information content (AvgIpc) is 2.56. The van der Waals surface area contributed by atoms with Crippen molar-refractivity contribution in [3.63, 3.8) is 0 Å². The van der Waals surface area contributed by atoms with Crippen LogP contribution in [0.5, 0.6) is 0 Å². The van der Waals surface area contributed by atoms with Gasteiger partial charge in [0.15, 0.2) is 0 Å². The Morgan fingerprint density at radius 1 is 1.40 bits per heavy atom. The van der Waals surface area contributed by atoms with Crippen LogP contribution in [0.3, 0.4) is 0 Å². The molecule has 2 rings (SSSR count). The summed E-state index contributed by atoms with van der Waals surface area (Å²) >= 11 is 0. The number of rotatable bonds is 1. The zero-order valence-electron chi connectivity index (χ0n) is 8.41. The highest BCUT2D eigenvalue weighted by molar-refractivity contribution is 7.34. The van der Waals surface area contributed by atoms with Crippen LogP contribution >= 0.6 is 37.0 Å². The second kappa shape index (κ2) is 3.58. The zero-order valence-corrected chi connectivity index (χ0v) is 13.0. The van der Waals surface area contributed by atoms with E-state index in [4.69, 9.17) is 4.74 Å². The van der Waals surface area contributed by atoms with Crippen LogP contribution in [0.15, 0.2) is 22.3 Å². The fourth-order valence-electron chi connectivity index (χ4n) is 2.25. The molecule has 0 saturated heterocycles. The first-order valence-electron chi connectivity index (χ1n) is 4.51. The Labute approximate surface area is 98.9 Å². The van der Waals surface area contributed by atoms with Crippen molar-refractivity contribution in [3.8, 4) is 0 Å². The van der Waals surface area contributed by atoms with Crippen molar-refractivity contribution in [2.75, 3.05) is 7.11 Å². The first kappa shape index (κ1) is 12.1. The SMILES string of the molecule is COC(=O)C1=CC2(P)CC1(P)C(P)=C2P. The van der Waals surface area contributed by atoms with Gasteiger partial charge in [-0.2, -0.15) is 0 Å². The monoisotopic (exact) mass is 278 g/mol. The minimum absolute atomic E-state index is 0.0903. The van der Waals surface area contributed by atoms with Gasteiger partial charge in [0.2, 0.25) is 0 Å². The number of methoxy groups -OCH3 is 1. The number of fused-ring (bicyclic) bond motifs is 2. The van der Waals surface area contributed by atoms with Gasteiger partial charge in [-0.05, 0) is 17.0 Å². The molecule has 2 aliphatic carbocycles. The fraction of sp³-hybridized carbons (Fsp3) is 0.444. The van der Waals surface area contributed by atoms with Crippen molar-refractivity contribution in [2.45, 2.75) is 16.7 Å². The van der Waals surface area contributed by atoms with Crippen molar-refractivity contribution < 1.29 is 9.53 Å². The summed E-state index contributed by atoms with van der Waals surface area (Å²) in [6, 6.07) is 0. The van der Waals surface area contributed by atoms with Crippen LogP contribution in [0, 0.1) is 0 Å². The third-order valence-electron chi connectivity index (χ3n) is 3.13. The summed E-state index contributed by atoms with van der Waals surface area (Å²) in [4.78, 5) is 11.7. The summed E-state index contributed by atoms with van der Waals surface area (Å²) in [5.74, 6) is -0.230. The number of allylic oxidation sites excluding steroid dienone is 3. The lowest BCUT2D eigenvalue weighted by Gasteiger charge is -2.25. The lowest BCUT2D eigenvalue weighted by Crippen LogP contribution is -2.25. The largest absolute Gasteiger partial charge is 0.466 e. The Balaban J connectivity index is 2.52. The second-order valence-corrected chi connectivity index (χ2v) is 7.24. The van der Waals surface area contributed by atoms with Gasteiger partial charge in [0.05, 0.1) is 7.11 Å². The normalized spacial score (nSPS) is 38.3. The van der Waals surface area contributed by atoms with Gasteiger partial charge in [0, 0.05) is 15.9 Å². The third kappa shape index (κ3) is 1.50. The van der Waals surface area contributed by atoms with Gasteiger partial charge in [-0.3, -0.25) is 0 Å². The molecule has 6 heteroatoms. The van der Waals surface area contributed by atoms with Crippen molar-refractivity contribution in [1.29, 1.82) is 0 Å². The predicted octanol–water partition coefficient (Wildman–Crippen LogP) is 1.69. The molecule has 6 atom stereocenters. The minimum atomic E-state index is -0.253. The number of hydrogen-bond acceptors (Lipinski definition) is 2. The van der Waals surface area contributed by atoms with Gasteiger partial charge in [-0.15, -0.1) is 37.0 Å². The Hall–Kier alpha value is 0.670. The van der Waals surface area contributed by atoms with Gasteiger partial charge < -0.3 is 4.74 Å². The summed E-state index contributed by atoms with van der Waals surface area (Å²) in [6.07, 6.45) is 2.91. The van der Waals surface area contributed by atoms with Gasteiger partial charge in [0.1, 0.15) is 0 Å². The Morgan fingerprint density at radius 3 is 2.40 bits per heavy atom. The summed E-state index contributed by atoms with van der Waals surface area (Å²) in [7, 11) is 12.6. The predicted molar refractivity (Wildman–Crippen MR) is 76.0 cm³/mol. The molecule has 0 heterocycles. The topological polar surface area (TPSA) is 26.3 Å². The number of esters is 1. The summed E-state index contributed by atoms with van der Waals surface area (Å²) < 4.78 is 4.81. The van der Waals surface area contributed by atoms with E-state index in [1.54, 1.807) is 0 Å². The molecule has 2 bridgehead atoms. The molecule has 0 saturated carbocycles. The average molecular weight is 278 g/mol. The molecule has 0 aromatic rings. The van der Waals surface area contributed by atoms with E-state index >= 15 is 0 Å². The molecule has 0 aromatic carbocycles. The maximum Gasteiger partial charge on any atom is 0.334 e.